The number of rotatable bonds is 5. The summed E-state index contributed by atoms with van der Waals surface area (Å²) in [4.78, 5) is 0. The van der Waals surface area contributed by atoms with Crippen molar-refractivity contribution in [1.82, 2.24) is 5.32 Å². The van der Waals surface area contributed by atoms with E-state index in [0.717, 1.165) is 19.0 Å². The molecule has 0 bridgehead atoms. The van der Waals surface area contributed by atoms with Crippen LogP contribution < -0.4 is 5.32 Å². The van der Waals surface area contributed by atoms with Crippen molar-refractivity contribution in [3.8, 4) is 0 Å². The van der Waals surface area contributed by atoms with Gasteiger partial charge in [0.2, 0.25) is 0 Å². The molecule has 1 nitrogen and oxygen atoms in total. The van der Waals surface area contributed by atoms with Gasteiger partial charge in [0.25, 0.3) is 0 Å². The lowest BCUT2D eigenvalue weighted by Crippen LogP contribution is -2.19. The molecule has 0 radical (unpaired) electrons. The van der Waals surface area contributed by atoms with E-state index in [9.17, 15) is 13.2 Å². The summed E-state index contributed by atoms with van der Waals surface area (Å²) in [6, 6.07) is 2.92. The Morgan fingerprint density at radius 2 is 1.94 bits per heavy atom. The Bertz CT molecular complexity index is 402. The molecule has 1 aliphatic carbocycles. The van der Waals surface area contributed by atoms with Crippen LogP contribution in [0.15, 0.2) is 12.1 Å². The molecule has 1 aromatic rings. The highest BCUT2D eigenvalue weighted by Gasteiger charge is 2.21. The van der Waals surface area contributed by atoms with Crippen LogP contribution in [-0.4, -0.2) is 12.6 Å². The fourth-order valence-corrected chi connectivity index (χ4v) is 1.87. The van der Waals surface area contributed by atoms with Gasteiger partial charge in [0, 0.05) is 6.04 Å². The average Bonchev–Trinajstić information content (AvgIpc) is 3.10. The summed E-state index contributed by atoms with van der Waals surface area (Å²) in [6.07, 6.45) is 3.13. The Hall–Kier alpha value is -1.03. The van der Waals surface area contributed by atoms with E-state index in [4.69, 9.17) is 0 Å². The Morgan fingerprint density at radius 1 is 1.24 bits per heavy atom. The zero-order valence-electron chi connectivity index (χ0n) is 9.77. The normalized spacial score (nSPS) is 17.2. The van der Waals surface area contributed by atoms with E-state index in [0.29, 0.717) is 6.04 Å². The Kier molecular flexibility index (Phi) is 3.72. The predicted octanol–water partition coefficient (Wildman–Crippen LogP) is 3.35. The first-order valence-corrected chi connectivity index (χ1v) is 5.96. The maximum atomic E-state index is 13.5. The molecule has 0 saturated heterocycles. The molecule has 94 valence electrons. The van der Waals surface area contributed by atoms with Crippen molar-refractivity contribution >= 4 is 0 Å². The van der Waals surface area contributed by atoms with E-state index in [1.54, 1.807) is 0 Å². The lowest BCUT2D eigenvalue weighted by molar-refractivity contribution is 0.433. The summed E-state index contributed by atoms with van der Waals surface area (Å²) in [5.41, 5.74) is 0.251. The van der Waals surface area contributed by atoms with Gasteiger partial charge in [0.05, 0.1) is 0 Å². The topological polar surface area (TPSA) is 12.0 Å². The minimum absolute atomic E-state index is 0.114. The van der Waals surface area contributed by atoms with Gasteiger partial charge in [0.15, 0.2) is 17.5 Å². The maximum absolute atomic E-state index is 13.5. The van der Waals surface area contributed by atoms with E-state index in [1.807, 2.05) is 6.92 Å². The largest absolute Gasteiger partial charge is 0.314 e. The van der Waals surface area contributed by atoms with Crippen molar-refractivity contribution in [2.45, 2.75) is 38.1 Å². The second kappa shape index (κ2) is 5.08. The first-order chi connectivity index (χ1) is 8.09. The van der Waals surface area contributed by atoms with E-state index in [-0.39, 0.29) is 11.5 Å². The van der Waals surface area contributed by atoms with Crippen molar-refractivity contribution in [2.24, 2.45) is 0 Å². The van der Waals surface area contributed by atoms with E-state index in [1.165, 1.54) is 18.9 Å². The molecule has 1 atom stereocenters. The van der Waals surface area contributed by atoms with Crippen molar-refractivity contribution in [2.75, 3.05) is 6.54 Å². The third-order valence-electron chi connectivity index (χ3n) is 3.18. The summed E-state index contributed by atoms with van der Waals surface area (Å²) in [5.74, 6) is -3.67. The molecule has 0 aromatic heterocycles. The Balaban J connectivity index is 1.97. The molecule has 4 heteroatoms. The molecule has 1 aromatic carbocycles. The molecule has 1 aliphatic rings. The van der Waals surface area contributed by atoms with Crippen molar-refractivity contribution in [3.05, 3.63) is 35.1 Å². The second-order valence-corrected chi connectivity index (χ2v) is 4.68. The number of halogens is 3. The fraction of sp³-hybridized carbons (Fsp3) is 0.538. The van der Waals surface area contributed by atoms with Gasteiger partial charge in [0.1, 0.15) is 0 Å². The van der Waals surface area contributed by atoms with Crippen LogP contribution in [0.4, 0.5) is 13.2 Å². The van der Waals surface area contributed by atoms with Gasteiger partial charge >= 0.3 is 0 Å². The van der Waals surface area contributed by atoms with E-state index in [2.05, 4.69) is 5.32 Å². The molecule has 0 amide bonds. The smallest absolute Gasteiger partial charge is 0.194 e. The minimum atomic E-state index is -1.37. The third kappa shape index (κ3) is 3.00. The van der Waals surface area contributed by atoms with Crippen LogP contribution in [0.5, 0.6) is 0 Å². The molecule has 17 heavy (non-hydrogen) atoms. The lowest BCUT2D eigenvalue weighted by Gasteiger charge is -2.13. The molecule has 1 unspecified atom stereocenters. The predicted molar refractivity (Wildman–Crippen MR) is 60.4 cm³/mol. The lowest BCUT2D eigenvalue weighted by atomic mass is 9.97. The first kappa shape index (κ1) is 12.4. The van der Waals surface area contributed by atoms with Gasteiger partial charge in [-0.3, -0.25) is 0 Å². The molecule has 1 saturated carbocycles. The van der Waals surface area contributed by atoms with Crippen LogP contribution in [0, 0.1) is 17.5 Å². The second-order valence-electron chi connectivity index (χ2n) is 4.68. The number of hydrogen-bond acceptors (Lipinski definition) is 1. The average molecular weight is 243 g/mol. The Morgan fingerprint density at radius 3 is 2.59 bits per heavy atom. The summed E-state index contributed by atoms with van der Waals surface area (Å²) >= 11 is 0. The van der Waals surface area contributed by atoms with Crippen molar-refractivity contribution in [3.63, 3.8) is 0 Å². The monoisotopic (exact) mass is 243 g/mol. The molecule has 0 spiro atoms. The van der Waals surface area contributed by atoms with Crippen molar-refractivity contribution < 1.29 is 13.2 Å². The summed E-state index contributed by atoms with van der Waals surface area (Å²) < 4.78 is 39.3. The summed E-state index contributed by atoms with van der Waals surface area (Å²) in [7, 11) is 0. The number of hydrogen-bond donors (Lipinski definition) is 1. The molecule has 1 N–H and O–H groups in total. The fourth-order valence-electron chi connectivity index (χ4n) is 1.87. The zero-order chi connectivity index (χ0) is 12.4. The van der Waals surface area contributed by atoms with Gasteiger partial charge in [-0.05, 0) is 43.4 Å². The molecule has 0 heterocycles. The van der Waals surface area contributed by atoms with Gasteiger partial charge in [-0.25, -0.2) is 13.2 Å². The van der Waals surface area contributed by atoms with Gasteiger partial charge < -0.3 is 5.32 Å². The van der Waals surface area contributed by atoms with Crippen LogP contribution >= 0.6 is 0 Å². The zero-order valence-corrected chi connectivity index (χ0v) is 9.77. The van der Waals surface area contributed by atoms with Crippen LogP contribution in [0.25, 0.3) is 0 Å². The van der Waals surface area contributed by atoms with Gasteiger partial charge in [-0.15, -0.1) is 0 Å². The van der Waals surface area contributed by atoms with Gasteiger partial charge in [-0.2, -0.15) is 0 Å². The quantitative estimate of drug-likeness (QED) is 0.782. The number of benzene rings is 1. The third-order valence-corrected chi connectivity index (χ3v) is 3.18. The van der Waals surface area contributed by atoms with Crippen LogP contribution in [0.3, 0.4) is 0 Å². The molecular formula is C13H16F3N. The molecule has 1 fully saturated rings. The van der Waals surface area contributed by atoms with E-state index >= 15 is 0 Å². The number of nitrogens with one attached hydrogen (secondary N) is 1. The van der Waals surface area contributed by atoms with Crippen LogP contribution in [0.2, 0.25) is 0 Å². The summed E-state index contributed by atoms with van der Waals surface area (Å²) in [5, 5.41) is 3.31. The maximum Gasteiger partial charge on any atom is 0.194 e. The SMILES string of the molecule is CC(CCNC1CC1)c1ccc(F)c(F)c1F. The molecule has 2 rings (SSSR count). The molecule has 0 aliphatic heterocycles. The first-order valence-electron chi connectivity index (χ1n) is 5.96. The Labute approximate surface area is 99.0 Å². The summed E-state index contributed by atoms with van der Waals surface area (Å²) in [6.45, 7) is 2.61. The van der Waals surface area contributed by atoms with Gasteiger partial charge in [-0.1, -0.05) is 13.0 Å². The van der Waals surface area contributed by atoms with Crippen LogP contribution in [-0.2, 0) is 0 Å². The highest BCUT2D eigenvalue weighted by molar-refractivity contribution is 5.23. The standard InChI is InChI=1S/C13H16F3N/c1-8(6-7-17-9-2-3-9)10-4-5-11(14)13(16)12(10)15/h4-5,8-9,17H,2-3,6-7H2,1H3. The van der Waals surface area contributed by atoms with Crippen LogP contribution in [0.1, 0.15) is 37.7 Å². The van der Waals surface area contributed by atoms with Crippen molar-refractivity contribution in [1.29, 1.82) is 0 Å². The highest BCUT2D eigenvalue weighted by Crippen LogP contribution is 2.25. The molecular weight excluding hydrogens is 227 g/mol. The van der Waals surface area contributed by atoms with E-state index < -0.39 is 17.5 Å². The highest BCUT2D eigenvalue weighted by atomic mass is 19.2. The minimum Gasteiger partial charge on any atom is -0.314 e.